The number of anilines is 1. The van der Waals surface area contributed by atoms with Crippen molar-refractivity contribution < 1.29 is 13.9 Å². The lowest BCUT2D eigenvalue weighted by Crippen LogP contribution is -2.08. The summed E-state index contributed by atoms with van der Waals surface area (Å²) in [6.07, 6.45) is 0. The summed E-state index contributed by atoms with van der Waals surface area (Å²) < 4.78 is 19.5. The molecule has 0 saturated heterocycles. The smallest absolute Gasteiger partial charge is 0.338 e. The molecule has 0 unspecified atom stereocenters. The Balaban J connectivity index is 2.12. The molecule has 0 spiro atoms. The molecule has 0 saturated carbocycles. The summed E-state index contributed by atoms with van der Waals surface area (Å²) in [5.74, 6) is -1.19. The van der Waals surface area contributed by atoms with Crippen LogP contribution in [0.25, 0.3) is 0 Å². The molecule has 110 valence electrons. The van der Waals surface area contributed by atoms with Gasteiger partial charge in [0.15, 0.2) is 0 Å². The molecule has 0 aromatic heterocycles. The molecule has 0 bridgehead atoms. The fourth-order valence-corrected chi connectivity index (χ4v) is 2.41. The summed E-state index contributed by atoms with van der Waals surface area (Å²) in [6, 6.07) is 7.73. The van der Waals surface area contributed by atoms with Crippen LogP contribution in [0.4, 0.5) is 10.1 Å². The van der Waals surface area contributed by atoms with Gasteiger partial charge in [-0.2, -0.15) is 0 Å². The highest BCUT2D eigenvalue weighted by Gasteiger charge is 2.13. The standard InChI is InChI=1S/C15H12BrClFNO2/c1-8-13(18)4-10(5-14(8)19)15(20)21-7-9-2-3-11(16)6-12(9)17/h2-6H,7,19H2,1H3. The van der Waals surface area contributed by atoms with Crippen LogP contribution in [0, 0.1) is 12.7 Å². The first-order chi connectivity index (χ1) is 9.88. The van der Waals surface area contributed by atoms with Crippen LogP contribution in [0.3, 0.4) is 0 Å². The molecule has 0 aliphatic rings. The molecule has 2 aromatic carbocycles. The van der Waals surface area contributed by atoms with Crippen LogP contribution < -0.4 is 5.73 Å². The van der Waals surface area contributed by atoms with E-state index in [0.717, 1.165) is 10.5 Å². The number of benzene rings is 2. The summed E-state index contributed by atoms with van der Waals surface area (Å²) in [5, 5.41) is 0.478. The van der Waals surface area contributed by atoms with Crippen LogP contribution >= 0.6 is 27.5 Å². The Labute approximate surface area is 135 Å². The Bertz CT molecular complexity index is 683. The number of ether oxygens (including phenoxy) is 1. The summed E-state index contributed by atoms with van der Waals surface area (Å²) in [4.78, 5) is 11.9. The first kappa shape index (κ1) is 15.8. The van der Waals surface area contributed by atoms with Crippen molar-refractivity contribution in [2.45, 2.75) is 13.5 Å². The van der Waals surface area contributed by atoms with Crippen LogP contribution in [0.2, 0.25) is 5.02 Å². The average molecular weight is 373 g/mol. The lowest BCUT2D eigenvalue weighted by molar-refractivity contribution is 0.0472. The van der Waals surface area contributed by atoms with E-state index in [1.807, 2.05) is 0 Å². The summed E-state index contributed by atoms with van der Waals surface area (Å²) in [6.45, 7) is 1.54. The van der Waals surface area contributed by atoms with Crippen molar-refractivity contribution in [2.24, 2.45) is 0 Å². The van der Waals surface area contributed by atoms with E-state index in [4.69, 9.17) is 22.1 Å². The molecule has 0 aliphatic carbocycles. The van der Waals surface area contributed by atoms with Gasteiger partial charge in [0.25, 0.3) is 0 Å². The number of nitrogens with two attached hydrogens (primary N) is 1. The Morgan fingerprint density at radius 1 is 1.38 bits per heavy atom. The van der Waals surface area contributed by atoms with Gasteiger partial charge in [-0.1, -0.05) is 33.6 Å². The Morgan fingerprint density at radius 2 is 2.10 bits per heavy atom. The number of carbonyl (C=O) groups excluding carboxylic acids is 1. The Kier molecular flexibility index (Phi) is 4.85. The van der Waals surface area contributed by atoms with Gasteiger partial charge < -0.3 is 10.5 Å². The number of halogens is 3. The number of esters is 1. The maximum Gasteiger partial charge on any atom is 0.338 e. The van der Waals surface area contributed by atoms with Gasteiger partial charge in [0.05, 0.1) is 5.56 Å². The number of rotatable bonds is 3. The second kappa shape index (κ2) is 6.45. The molecule has 21 heavy (non-hydrogen) atoms. The van der Waals surface area contributed by atoms with E-state index >= 15 is 0 Å². The molecule has 2 aromatic rings. The van der Waals surface area contributed by atoms with Gasteiger partial charge in [-0.3, -0.25) is 0 Å². The number of carbonyl (C=O) groups is 1. The number of hydrogen-bond donors (Lipinski definition) is 1. The van der Waals surface area contributed by atoms with Crippen molar-refractivity contribution in [1.82, 2.24) is 0 Å². The third-order valence-electron chi connectivity index (χ3n) is 2.99. The van der Waals surface area contributed by atoms with Crippen molar-refractivity contribution in [3.8, 4) is 0 Å². The van der Waals surface area contributed by atoms with E-state index < -0.39 is 11.8 Å². The van der Waals surface area contributed by atoms with Gasteiger partial charge in [-0.25, -0.2) is 9.18 Å². The molecule has 0 aliphatic heterocycles. The van der Waals surface area contributed by atoms with Gasteiger partial charge in [-0.05, 0) is 31.2 Å². The minimum Gasteiger partial charge on any atom is -0.457 e. The molecule has 6 heteroatoms. The molecule has 0 amide bonds. The minimum absolute atomic E-state index is 0.000344. The second-order valence-corrected chi connectivity index (χ2v) is 5.81. The van der Waals surface area contributed by atoms with E-state index in [1.54, 1.807) is 25.1 Å². The SMILES string of the molecule is Cc1c(N)cc(C(=O)OCc2ccc(Br)cc2Cl)cc1F. The van der Waals surface area contributed by atoms with Crippen molar-refractivity contribution in [3.63, 3.8) is 0 Å². The van der Waals surface area contributed by atoms with Crippen molar-refractivity contribution in [2.75, 3.05) is 5.73 Å². The second-order valence-electron chi connectivity index (χ2n) is 4.48. The highest BCUT2D eigenvalue weighted by molar-refractivity contribution is 9.10. The van der Waals surface area contributed by atoms with Crippen LogP contribution in [-0.4, -0.2) is 5.97 Å². The van der Waals surface area contributed by atoms with Crippen molar-refractivity contribution >= 4 is 39.2 Å². The first-order valence-electron chi connectivity index (χ1n) is 6.05. The highest BCUT2D eigenvalue weighted by Crippen LogP contribution is 2.23. The van der Waals surface area contributed by atoms with Crippen LogP contribution in [0.15, 0.2) is 34.8 Å². The van der Waals surface area contributed by atoms with Crippen LogP contribution in [0.1, 0.15) is 21.5 Å². The maximum atomic E-state index is 13.6. The quantitative estimate of drug-likeness (QED) is 0.638. The molecular weight excluding hydrogens is 361 g/mol. The number of nitrogen functional groups attached to an aromatic ring is 1. The van der Waals surface area contributed by atoms with Gasteiger partial charge in [0, 0.05) is 26.3 Å². The fourth-order valence-electron chi connectivity index (χ4n) is 1.68. The number of hydrogen-bond acceptors (Lipinski definition) is 3. The predicted molar refractivity (Wildman–Crippen MR) is 83.8 cm³/mol. The Morgan fingerprint density at radius 3 is 2.71 bits per heavy atom. The summed E-state index contributed by atoms with van der Waals surface area (Å²) in [5.41, 5.74) is 6.89. The first-order valence-corrected chi connectivity index (χ1v) is 7.22. The third kappa shape index (κ3) is 3.74. The molecule has 0 heterocycles. The predicted octanol–water partition coefficient (Wildman–Crippen LogP) is 4.49. The molecule has 2 N–H and O–H groups in total. The molecule has 0 atom stereocenters. The van der Waals surface area contributed by atoms with E-state index in [2.05, 4.69) is 15.9 Å². The largest absolute Gasteiger partial charge is 0.457 e. The van der Waals surface area contributed by atoms with E-state index in [-0.39, 0.29) is 17.9 Å². The lowest BCUT2D eigenvalue weighted by atomic mass is 10.1. The third-order valence-corrected chi connectivity index (χ3v) is 3.84. The van der Waals surface area contributed by atoms with Crippen molar-refractivity contribution in [3.05, 3.63) is 62.3 Å². The summed E-state index contributed by atoms with van der Waals surface area (Å²) >= 11 is 9.32. The average Bonchev–Trinajstić information content (AvgIpc) is 2.43. The summed E-state index contributed by atoms with van der Waals surface area (Å²) in [7, 11) is 0. The molecule has 0 radical (unpaired) electrons. The zero-order valence-electron chi connectivity index (χ0n) is 11.1. The van der Waals surface area contributed by atoms with Gasteiger partial charge in [0.2, 0.25) is 0 Å². The Hall–Kier alpha value is -1.59. The van der Waals surface area contributed by atoms with E-state index in [9.17, 15) is 9.18 Å². The van der Waals surface area contributed by atoms with Crippen molar-refractivity contribution in [1.29, 1.82) is 0 Å². The maximum absolute atomic E-state index is 13.6. The van der Waals surface area contributed by atoms with Gasteiger partial charge in [-0.15, -0.1) is 0 Å². The minimum atomic E-state index is -0.653. The monoisotopic (exact) mass is 371 g/mol. The zero-order valence-corrected chi connectivity index (χ0v) is 13.5. The van der Waals surface area contributed by atoms with Gasteiger partial charge >= 0.3 is 5.97 Å². The lowest BCUT2D eigenvalue weighted by Gasteiger charge is -2.09. The topological polar surface area (TPSA) is 52.3 Å². The molecular formula is C15H12BrClFNO2. The fraction of sp³-hybridized carbons (Fsp3) is 0.133. The van der Waals surface area contributed by atoms with Gasteiger partial charge in [0.1, 0.15) is 12.4 Å². The van der Waals surface area contributed by atoms with E-state index in [0.29, 0.717) is 16.1 Å². The molecule has 3 nitrogen and oxygen atoms in total. The molecule has 2 rings (SSSR count). The normalized spacial score (nSPS) is 10.5. The van der Waals surface area contributed by atoms with E-state index in [1.165, 1.54) is 6.07 Å². The van der Waals surface area contributed by atoms with Crippen LogP contribution in [0.5, 0.6) is 0 Å². The zero-order chi connectivity index (χ0) is 15.6. The highest BCUT2D eigenvalue weighted by atomic mass is 79.9. The molecule has 0 fully saturated rings. The van der Waals surface area contributed by atoms with Crippen LogP contribution in [-0.2, 0) is 11.3 Å².